The maximum atomic E-state index is 11.1. The van der Waals surface area contributed by atoms with E-state index in [1.165, 1.54) is 7.11 Å². The van der Waals surface area contributed by atoms with Crippen molar-refractivity contribution in [1.82, 2.24) is 0 Å². The number of aliphatic hydroxyl groups is 1. The second-order valence-corrected chi connectivity index (χ2v) is 4.75. The lowest BCUT2D eigenvalue weighted by atomic mass is 9.80. The molecular formula is C9H16O3S. The number of hydrogen-bond donors (Lipinski definition) is 1. The van der Waals surface area contributed by atoms with Crippen LogP contribution in [0.15, 0.2) is 0 Å². The smallest absolute Gasteiger partial charge is 0.306 e. The standard InChI is InChI=1S/C9H16O3S/c1-12-8(11)6-9(7-10)2-4-13-5-3-9/h10H,2-7H2,1H3. The van der Waals surface area contributed by atoms with Gasteiger partial charge in [-0.05, 0) is 24.3 Å². The predicted octanol–water partition coefficient (Wildman–Crippen LogP) is 1.06. The van der Waals surface area contributed by atoms with E-state index in [0.717, 1.165) is 24.3 Å². The third-order valence-corrected chi connectivity index (χ3v) is 3.62. The Morgan fingerprint density at radius 2 is 2.15 bits per heavy atom. The van der Waals surface area contributed by atoms with Crippen molar-refractivity contribution >= 4 is 17.7 Å². The van der Waals surface area contributed by atoms with Gasteiger partial charge in [-0.25, -0.2) is 0 Å². The van der Waals surface area contributed by atoms with Crippen LogP contribution in [0.5, 0.6) is 0 Å². The van der Waals surface area contributed by atoms with E-state index >= 15 is 0 Å². The minimum atomic E-state index is -0.207. The Morgan fingerprint density at radius 1 is 1.54 bits per heavy atom. The van der Waals surface area contributed by atoms with Gasteiger partial charge in [-0.1, -0.05) is 0 Å². The van der Waals surface area contributed by atoms with E-state index < -0.39 is 0 Å². The van der Waals surface area contributed by atoms with Gasteiger partial charge in [-0.3, -0.25) is 4.79 Å². The van der Waals surface area contributed by atoms with Crippen molar-refractivity contribution in [2.24, 2.45) is 5.41 Å². The van der Waals surface area contributed by atoms with Crippen molar-refractivity contribution in [2.45, 2.75) is 19.3 Å². The van der Waals surface area contributed by atoms with Crippen LogP contribution in [0.1, 0.15) is 19.3 Å². The first-order valence-corrected chi connectivity index (χ1v) is 5.63. The van der Waals surface area contributed by atoms with Crippen LogP contribution in [0.2, 0.25) is 0 Å². The van der Waals surface area contributed by atoms with Gasteiger partial charge in [0.15, 0.2) is 0 Å². The van der Waals surface area contributed by atoms with Crippen LogP contribution in [-0.4, -0.2) is 36.3 Å². The third kappa shape index (κ3) is 2.88. The van der Waals surface area contributed by atoms with Gasteiger partial charge in [0, 0.05) is 12.0 Å². The largest absolute Gasteiger partial charge is 0.469 e. The number of thioether (sulfide) groups is 1. The summed E-state index contributed by atoms with van der Waals surface area (Å²) in [6, 6.07) is 0. The molecule has 1 fully saturated rings. The molecule has 13 heavy (non-hydrogen) atoms. The minimum absolute atomic E-state index is 0.0999. The Hall–Kier alpha value is -0.220. The number of carbonyl (C=O) groups excluding carboxylic acids is 1. The van der Waals surface area contributed by atoms with E-state index in [1.54, 1.807) is 0 Å². The van der Waals surface area contributed by atoms with E-state index in [0.29, 0.717) is 6.42 Å². The fourth-order valence-corrected chi connectivity index (χ4v) is 2.93. The number of methoxy groups -OCH3 is 1. The van der Waals surface area contributed by atoms with E-state index in [4.69, 9.17) is 0 Å². The lowest BCUT2D eigenvalue weighted by Crippen LogP contribution is -2.33. The number of aliphatic hydroxyl groups excluding tert-OH is 1. The lowest BCUT2D eigenvalue weighted by Gasteiger charge is -2.34. The summed E-state index contributed by atoms with van der Waals surface area (Å²) in [5, 5.41) is 9.27. The van der Waals surface area contributed by atoms with E-state index in [-0.39, 0.29) is 18.0 Å². The summed E-state index contributed by atoms with van der Waals surface area (Å²) in [5.74, 6) is 1.87. The van der Waals surface area contributed by atoms with E-state index in [1.807, 2.05) is 11.8 Å². The van der Waals surface area contributed by atoms with Crippen LogP contribution >= 0.6 is 11.8 Å². The van der Waals surface area contributed by atoms with Gasteiger partial charge >= 0.3 is 5.97 Å². The molecule has 0 aromatic rings. The second-order valence-electron chi connectivity index (χ2n) is 3.52. The summed E-state index contributed by atoms with van der Waals surface area (Å²) in [5.41, 5.74) is -0.196. The van der Waals surface area contributed by atoms with E-state index in [9.17, 15) is 9.90 Å². The van der Waals surface area contributed by atoms with Crippen LogP contribution in [0.3, 0.4) is 0 Å². The van der Waals surface area contributed by atoms with Gasteiger partial charge in [0.2, 0.25) is 0 Å². The molecule has 0 aromatic heterocycles. The summed E-state index contributed by atoms with van der Waals surface area (Å²) in [4.78, 5) is 11.1. The number of ether oxygens (including phenoxy) is 1. The van der Waals surface area contributed by atoms with Gasteiger partial charge < -0.3 is 9.84 Å². The molecule has 1 saturated heterocycles. The van der Waals surface area contributed by atoms with Crippen molar-refractivity contribution in [3.63, 3.8) is 0 Å². The van der Waals surface area contributed by atoms with Crippen LogP contribution in [0.4, 0.5) is 0 Å². The average Bonchev–Trinajstić information content (AvgIpc) is 2.19. The zero-order valence-electron chi connectivity index (χ0n) is 7.91. The molecule has 1 aliphatic rings. The summed E-state index contributed by atoms with van der Waals surface area (Å²) in [7, 11) is 1.39. The molecule has 0 aromatic carbocycles. The summed E-state index contributed by atoms with van der Waals surface area (Å²) in [6.07, 6.45) is 2.20. The van der Waals surface area contributed by atoms with Crippen molar-refractivity contribution in [3.8, 4) is 0 Å². The molecule has 0 spiro atoms. The monoisotopic (exact) mass is 204 g/mol. The predicted molar refractivity (Wildman–Crippen MR) is 52.7 cm³/mol. The molecule has 1 rings (SSSR count). The lowest BCUT2D eigenvalue weighted by molar-refractivity contribution is -0.144. The summed E-state index contributed by atoms with van der Waals surface area (Å²) >= 11 is 1.88. The first kappa shape index (κ1) is 10.9. The Labute approximate surface area is 82.8 Å². The summed E-state index contributed by atoms with van der Waals surface area (Å²) in [6.45, 7) is 0.0999. The third-order valence-electron chi connectivity index (χ3n) is 2.64. The molecular weight excluding hydrogens is 188 g/mol. The minimum Gasteiger partial charge on any atom is -0.469 e. The molecule has 0 amide bonds. The van der Waals surface area contributed by atoms with Crippen molar-refractivity contribution in [2.75, 3.05) is 25.2 Å². The highest BCUT2D eigenvalue weighted by Gasteiger charge is 2.34. The molecule has 0 aliphatic carbocycles. The van der Waals surface area contributed by atoms with Gasteiger partial charge in [-0.2, -0.15) is 11.8 Å². The Morgan fingerprint density at radius 3 is 2.62 bits per heavy atom. The first-order chi connectivity index (χ1) is 6.22. The van der Waals surface area contributed by atoms with E-state index in [2.05, 4.69) is 4.74 Å². The van der Waals surface area contributed by atoms with Gasteiger partial charge in [0.05, 0.1) is 13.5 Å². The van der Waals surface area contributed by atoms with Crippen molar-refractivity contribution in [3.05, 3.63) is 0 Å². The molecule has 0 atom stereocenters. The number of rotatable bonds is 3. The van der Waals surface area contributed by atoms with Crippen LogP contribution in [0.25, 0.3) is 0 Å². The normalized spacial score (nSPS) is 21.1. The highest BCUT2D eigenvalue weighted by Crippen LogP contribution is 2.37. The molecule has 0 saturated carbocycles. The number of esters is 1. The fourth-order valence-electron chi connectivity index (χ4n) is 1.57. The van der Waals surface area contributed by atoms with Crippen LogP contribution in [0, 0.1) is 5.41 Å². The Balaban J connectivity index is 2.52. The molecule has 1 heterocycles. The highest BCUT2D eigenvalue weighted by molar-refractivity contribution is 7.99. The molecule has 0 radical (unpaired) electrons. The number of hydrogen-bond acceptors (Lipinski definition) is 4. The maximum absolute atomic E-state index is 11.1. The second kappa shape index (κ2) is 4.86. The Bertz CT molecular complexity index is 176. The molecule has 0 unspecified atom stereocenters. The van der Waals surface area contributed by atoms with Gasteiger partial charge in [0.25, 0.3) is 0 Å². The zero-order valence-corrected chi connectivity index (χ0v) is 8.73. The summed E-state index contributed by atoms with van der Waals surface area (Å²) < 4.78 is 4.62. The van der Waals surface area contributed by atoms with Crippen molar-refractivity contribution < 1.29 is 14.6 Å². The molecule has 4 heteroatoms. The zero-order chi connectivity index (χ0) is 9.73. The molecule has 1 aliphatic heterocycles. The topological polar surface area (TPSA) is 46.5 Å². The SMILES string of the molecule is COC(=O)CC1(CO)CCSCC1. The molecule has 0 bridgehead atoms. The molecule has 76 valence electrons. The number of carbonyl (C=O) groups is 1. The van der Waals surface area contributed by atoms with Crippen molar-refractivity contribution in [1.29, 1.82) is 0 Å². The molecule has 3 nitrogen and oxygen atoms in total. The van der Waals surface area contributed by atoms with Crippen LogP contribution < -0.4 is 0 Å². The average molecular weight is 204 g/mol. The first-order valence-electron chi connectivity index (χ1n) is 4.48. The van der Waals surface area contributed by atoms with Crippen LogP contribution in [-0.2, 0) is 9.53 Å². The fraction of sp³-hybridized carbons (Fsp3) is 0.889. The maximum Gasteiger partial charge on any atom is 0.306 e. The highest BCUT2D eigenvalue weighted by atomic mass is 32.2. The Kier molecular flexibility index (Phi) is 4.06. The molecule has 1 N–H and O–H groups in total. The quantitative estimate of drug-likeness (QED) is 0.698. The van der Waals surface area contributed by atoms with Gasteiger partial charge in [-0.15, -0.1) is 0 Å². The van der Waals surface area contributed by atoms with Gasteiger partial charge in [0.1, 0.15) is 0 Å².